The Morgan fingerprint density at radius 1 is 1.27 bits per heavy atom. The van der Waals surface area contributed by atoms with Crippen LogP contribution in [0.3, 0.4) is 0 Å². The highest BCUT2D eigenvalue weighted by molar-refractivity contribution is 5.96. The summed E-state index contributed by atoms with van der Waals surface area (Å²) in [6, 6.07) is 0. The molecular formula is C8H13N7. The third-order valence-electron chi connectivity index (χ3n) is 2.78. The molecule has 0 fully saturated rings. The highest BCUT2D eigenvalue weighted by Gasteiger charge is 2.25. The third-order valence-corrected chi connectivity index (χ3v) is 2.78. The zero-order valence-corrected chi connectivity index (χ0v) is 8.70. The number of hydrazone groups is 1. The molecule has 2 aliphatic rings. The van der Waals surface area contributed by atoms with Gasteiger partial charge in [0.1, 0.15) is 0 Å². The van der Waals surface area contributed by atoms with Crippen LogP contribution in [0.5, 0.6) is 0 Å². The van der Waals surface area contributed by atoms with Crippen molar-refractivity contribution in [1.29, 1.82) is 0 Å². The molecule has 3 N–H and O–H groups in total. The molecule has 0 radical (unpaired) electrons. The van der Waals surface area contributed by atoms with Gasteiger partial charge in [-0.1, -0.05) is 0 Å². The first-order chi connectivity index (χ1) is 7.27. The summed E-state index contributed by atoms with van der Waals surface area (Å²) in [4.78, 5) is 4.57. The van der Waals surface area contributed by atoms with E-state index in [9.17, 15) is 0 Å². The van der Waals surface area contributed by atoms with E-state index in [1.807, 2.05) is 19.1 Å². The molecule has 0 amide bonds. The average Bonchev–Trinajstić information content (AvgIpc) is 2.85. The number of imidazole rings is 1. The first kappa shape index (κ1) is 8.69. The number of fused-ring (bicyclic) bond motifs is 1. The lowest BCUT2D eigenvalue weighted by atomic mass is 10.4. The van der Waals surface area contributed by atoms with Crippen molar-refractivity contribution >= 4 is 5.84 Å². The van der Waals surface area contributed by atoms with Crippen LogP contribution < -0.4 is 16.4 Å². The molecule has 3 heterocycles. The lowest BCUT2D eigenvalue weighted by Crippen LogP contribution is -2.38. The number of aromatic nitrogens is 2. The number of amidine groups is 1. The topological polar surface area (TPSA) is 69.5 Å². The Kier molecular flexibility index (Phi) is 1.70. The van der Waals surface area contributed by atoms with Gasteiger partial charge in [-0.05, 0) is 0 Å². The molecule has 0 saturated heterocycles. The van der Waals surface area contributed by atoms with Crippen LogP contribution in [-0.4, -0.2) is 27.4 Å². The average molecular weight is 207 g/mol. The molecule has 0 aromatic carbocycles. The fraction of sp³-hybridized carbons (Fsp3) is 0.500. The fourth-order valence-electron chi connectivity index (χ4n) is 1.93. The summed E-state index contributed by atoms with van der Waals surface area (Å²) in [6.07, 6.45) is 0. The first-order valence-electron chi connectivity index (χ1n) is 4.85. The molecule has 0 saturated carbocycles. The summed E-state index contributed by atoms with van der Waals surface area (Å²) in [5.74, 6) is 1.70. The molecular weight excluding hydrogens is 194 g/mol. The number of hydrogen-bond donors (Lipinski definition) is 3. The Labute approximate surface area is 87.1 Å². The van der Waals surface area contributed by atoms with Crippen molar-refractivity contribution in [2.24, 2.45) is 12.1 Å². The molecule has 0 spiro atoms. The molecule has 0 unspecified atom stereocenters. The van der Waals surface area contributed by atoms with Gasteiger partial charge in [0, 0.05) is 27.2 Å². The van der Waals surface area contributed by atoms with E-state index in [-0.39, 0.29) is 0 Å². The monoisotopic (exact) mass is 207 g/mol. The number of nitrogens with one attached hydrogen (secondary N) is 3. The number of hydrazine groups is 2. The van der Waals surface area contributed by atoms with Crippen molar-refractivity contribution < 1.29 is 0 Å². The quantitative estimate of drug-likeness (QED) is 0.530. The SMILES string of the molecule is CN1NNN=C1c1nc2c(n1C)CNC2. The van der Waals surface area contributed by atoms with Gasteiger partial charge in [0.05, 0.1) is 11.4 Å². The van der Waals surface area contributed by atoms with Gasteiger partial charge in [-0.15, -0.1) is 10.6 Å². The minimum atomic E-state index is 0.812. The van der Waals surface area contributed by atoms with E-state index in [0.717, 1.165) is 30.4 Å². The highest BCUT2D eigenvalue weighted by Crippen LogP contribution is 2.16. The molecule has 7 nitrogen and oxygen atoms in total. The van der Waals surface area contributed by atoms with Crippen LogP contribution >= 0.6 is 0 Å². The van der Waals surface area contributed by atoms with E-state index >= 15 is 0 Å². The van der Waals surface area contributed by atoms with E-state index < -0.39 is 0 Å². The van der Waals surface area contributed by atoms with Crippen molar-refractivity contribution in [3.05, 3.63) is 17.2 Å². The van der Waals surface area contributed by atoms with Gasteiger partial charge in [0.2, 0.25) is 5.84 Å². The fourth-order valence-corrected chi connectivity index (χ4v) is 1.93. The second-order valence-corrected chi connectivity index (χ2v) is 3.71. The lowest BCUT2D eigenvalue weighted by molar-refractivity contribution is 0.347. The number of nitrogens with zero attached hydrogens (tertiary/aromatic N) is 4. The molecule has 7 heteroatoms. The van der Waals surface area contributed by atoms with Crippen LogP contribution in [0.15, 0.2) is 5.10 Å². The molecule has 0 aliphatic carbocycles. The zero-order valence-electron chi connectivity index (χ0n) is 8.70. The summed E-state index contributed by atoms with van der Waals surface area (Å²) in [6.45, 7) is 1.73. The van der Waals surface area contributed by atoms with E-state index in [0.29, 0.717) is 0 Å². The van der Waals surface area contributed by atoms with Gasteiger partial charge >= 0.3 is 0 Å². The minimum Gasteiger partial charge on any atom is -0.327 e. The van der Waals surface area contributed by atoms with Crippen LogP contribution in [-0.2, 0) is 20.1 Å². The minimum absolute atomic E-state index is 0.812. The van der Waals surface area contributed by atoms with Crippen LogP contribution in [0, 0.1) is 0 Å². The van der Waals surface area contributed by atoms with Gasteiger partial charge in [-0.25, -0.2) is 10.5 Å². The summed E-state index contributed by atoms with van der Waals surface area (Å²) < 4.78 is 2.08. The molecule has 0 atom stereocenters. The van der Waals surface area contributed by atoms with E-state index in [2.05, 4.69) is 31.0 Å². The molecule has 3 rings (SSSR count). The van der Waals surface area contributed by atoms with Gasteiger partial charge in [-0.3, -0.25) is 5.01 Å². The van der Waals surface area contributed by atoms with Crippen molar-refractivity contribution in [3.63, 3.8) is 0 Å². The van der Waals surface area contributed by atoms with Crippen LogP contribution in [0.2, 0.25) is 0 Å². The van der Waals surface area contributed by atoms with Crippen LogP contribution in [0.25, 0.3) is 0 Å². The predicted molar refractivity (Wildman–Crippen MR) is 54.3 cm³/mol. The van der Waals surface area contributed by atoms with Gasteiger partial charge in [0.15, 0.2) is 5.82 Å². The van der Waals surface area contributed by atoms with Crippen LogP contribution in [0.1, 0.15) is 17.2 Å². The molecule has 80 valence electrons. The molecule has 1 aromatic rings. The van der Waals surface area contributed by atoms with Crippen molar-refractivity contribution in [2.75, 3.05) is 7.05 Å². The maximum atomic E-state index is 4.57. The first-order valence-corrected chi connectivity index (χ1v) is 4.85. The van der Waals surface area contributed by atoms with Crippen molar-refractivity contribution in [1.82, 2.24) is 30.9 Å². The number of rotatable bonds is 1. The standard InChI is InChI=1S/C8H13N7/c1-14-6-4-9-3-5(6)10-7(14)8-11-12-13-15(8)2/h9,12-13H,3-4H2,1-2H3. The van der Waals surface area contributed by atoms with E-state index in [1.54, 1.807) is 0 Å². The van der Waals surface area contributed by atoms with Gasteiger partial charge < -0.3 is 9.88 Å². The Hall–Kier alpha value is -1.60. The highest BCUT2D eigenvalue weighted by atomic mass is 15.8. The second kappa shape index (κ2) is 2.94. The second-order valence-electron chi connectivity index (χ2n) is 3.71. The van der Waals surface area contributed by atoms with Gasteiger partial charge in [0.25, 0.3) is 0 Å². The predicted octanol–water partition coefficient (Wildman–Crippen LogP) is -1.36. The summed E-state index contributed by atoms with van der Waals surface area (Å²) in [5, 5.41) is 9.22. The van der Waals surface area contributed by atoms with E-state index in [4.69, 9.17) is 0 Å². The normalized spacial score (nSPS) is 19.1. The largest absolute Gasteiger partial charge is 0.327 e. The summed E-state index contributed by atoms with van der Waals surface area (Å²) >= 11 is 0. The van der Waals surface area contributed by atoms with Crippen molar-refractivity contribution in [2.45, 2.75) is 13.1 Å². The zero-order chi connectivity index (χ0) is 10.4. The van der Waals surface area contributed by atoms with Crippen LogP contribution in [0.4, 0.5) is 0 Å². The molecule has 1 aromatic heterocycles. The van der Waals surface area contributed by atoms with E-state index in [1.165, 1.54) is 5.69 Å². The summed E-state index contributed by atoms with van der Waals surface area (Å²) in [7, 11) is 3.92. The lowest BCUT2D eigenvalue weighted by Gasteiger charge is -2.12. The molecule has 0 bridgehead atoms. The number of hydrogen-bond acceptors (Lipinski definition) is 6. The Balaban J connectivity index is 2.06. The summed E-state index contributed by atoms with van der Waals surface area (Å²) in [5.41, 5.74) is 7.94. The third kappa shape index (κ3) is 1.13. The molecule has 15 heavy (non-hydrogen) atoms. The maximum absolute atomic E-state index is 4.57. The Bertz CT molecular complexity index is 432. The smallest absolute Gasteiger partial charge is 0.208 e. The van der Waals surface area contributed by atoms with Gasteiger partial charge in [-0.2, -0.15) is 0 Å². The Morgan fingerprint density at radius 2 is 2.13 bits per heavy atom. The molecule has 2 aliphatic heterocycles. The Morgan fingerprint density at radius 3 is 2.80 bits per heavy atom. The van der Waals surface area contributed by atoms with Crippen molar-refractivity contribution in [3.8, 4) is 0 Å². The maximum Gasteiger partial charge on any atom is 0.208 e.